The fourth-order valence-corrected chi connectivity index (χ4v) is 2.88. The second-order valence-electron chi connectivity index (χ2n) is 5.91. The van der Waals surface area contributed by atoms with E-state index < -0.39 is 0 Å². The minimum Gasteiger partial charge on any atom is -0.467 e. The number of hydrogen-bond donors (Lipinski definition) is 2. The fraction of sp³-hybridized carbons (Fsp3) is 0.688. The molecule has 1 fully saturated rings. The Kier molecular flexibility index (Phi) is 5.65. The summed E-state index contributed by atoms with van der Waals surface area (Å²) < 4.78 is 5.21. The molecule has 3 unspecified atom stereocenters. The van der Waals surface area contributed by atoms with E-state index in [0.29, 0.717) is 18.5 Å². The molecule has 4 nitrogen and oxygen atoms in total. The van der Waals surface area contributed by atoms with Crippen LogP contribution in [0.5, 0.6) is 0 Å². The molecule has 1 aromatic heterocycles. The van der Waals surface area contributed by atoms with Gasteiger partial charge in [-0.05, 0) is 37.8 Å². The standard InChI is InChI=1S/C16H26N2O2/c1-12-7-4-3-5-9-15(12)18-13(2)16(19)17-11-14-8-6-10-20-14/h6,8,10,12-13,15,18H,3-5,7,9,11H2,1-2H3,(H,17,19). The molecule has 0 bridgehead atoms. The van der Waals surface area contributed by atoms with Crippen LogP contribution in [-0.4, -0.2) is 18.0 Å². The SMILES string of the molecule is CC(NC1CCCCCC1C)C(=O)NCc1ccco1. The van der Waals surface area contributed by atoms with E-state index in [2.05, 4.69) is 17.6 Å². The van der Waals surface area contributed by atoms with Gasteiger partial charge in [-0.15, -0.1) is 0 Å². The lowest BCUT2D eigenvalue weighted by Crippen LogP contribution is -2.48. The van der Waals surface area contributed by atoms with Crippen molar-refractivity contribution in [3.8, 4) is 0 Å². The molecular formula is C16H26N2O2. The van der Waals surface area contributed by atoms with Gasteiger partial charge in [0.1, 0.15) is 5.76 Å². The summed E-state index contributed by atoms with van der Waals surface area (Å²) in [6.07, 6.45) is 7.97. The molecule has 1 aliphatic carbocycles. The summed E-state index contributed by atoms with van der Waals surface area (Å²) in [4.78, 5) is 12.1. The Morgan fingerprint density at radius 2 is 2.20 bits per heavy atom. The highest BCUT2D eigenvalue weighted by Gasteiger charge is 2.23. The Hall–Kier alpha value is -1.29. The summed E-state index contributed by atoms with van der Waals surface area (Å²) in [5.74, 6) is 1.48. The lowest BCUT2D eigenvalue weighted by atomic mass is 9.96. The van der Waals surface area contributed by atoms with Crippen molar-refractivity contribution in [1.29, 1.82) is 0 Å². The van der Waals surface area contributed by atoms with Gasteiger partial charge in [0.15, 0.2) is 0 Å². The van der Waals surface area contributed by atoms with Gasteiger partial charge >= 0.3 is 0 Å². The van der Waals surface area contributed by atoms with Crippen LogP contribution in [0, 0.1) is 5.92 Å². The molecule has 20 heavy (non-hydrogen) atoms. The van der Waals surface area contributed by atoms with E-state index in [4.69, 9.17) is 4.42 Å². The van der Waals surface area contributed by atoms with Crippen LogP contribution in [0.15, 0.2) is 22.8 Å². The summed E-state index contributed by atoms with van der Waals surface area (Å²) in [6.45, 7) is 4.68. The van der Waals surface area contributed by atoms with Crippen LogP contribution in [0.4, 0.5) is 0 Å². The zero-order chi connectivity index (χ0) is 14.4. The molecule has 1 saturated carbocycles. The number of amides is 1. The number of furan rings is 1. The predicted molar refractivity (Wildman–Crippen MR) is 79.2 cm³/mol. The number of carbonyl (C=O) groups excluding carboxylic acids is 1. The predicted octanol–water partition coefficient (Wildman–Crippen LogP) is 2.84. The zero-order valence-corrected chi connectivity index (χ0v) is 12.5. The topological polar surface area (TPSA) is 54.3 Å². The first kappa shape index (κ1) is 15.1. The molecule has 2 rings (SSSR count). The molecule has 1 amide bonds. The highest BCUT2D eigenvalue weighted by molar-refractivity contribution is 5.81. The summed E-state index contributed by atoms with van der Waals surface area (Å²) in [6, 6.07) is 4.00. The Balaban J connectivity index is 1.77. The van der Waals surface area contributed by atoms with Crippen LogP contribution < -0.4 is 10.6 Å². The summed E-state index contributed by atoms with van der Waals surface area (Å²) in [5.41, 5.74) is 0. The van der Waals surface area contributed by atoms with Gasteiger partial charge in [-0.2, -0.15) is 0 Å². The van der Waals surface area contributed by atoms with E-state index in [9.17, 15) is 4.79 Å². The average molecular weight is 278 g/mol. The van der Waals surface area contributed by atoms with Crippen molar-refractivity contribution in [3.63, 3.8) is 0 Å². The highest BCUT2D eigenvalue weighted by atomic mass is 16.3. The van der Waals surface area contributed by atoms with Crippen molar-refractivity contribution in [2.75, 3.05) is 0 Å². The minimum absolute atomic E-state index is 0.0397. The molecule has 1 heterocycles. The van der Waals surface area contributed by atoms with Crippen molar-refractivity contribution in [3.05, 3.63) is 24.2 Å². The molecule has 0 spiro atoms. The van der Waals surface area contributed by atoms with E-state index in [1.807, 2.05) is 19.1 Å². The number of carbonyl (C=O) groups is 1. The van der Waals surface area contributed by atoms with Crippen molar-refractivity contribution >= 4 is 5.91 Å². The smallest absolute Gasteiger partial charge is 0.237 e. The van der Waals surface area contributed by atoms with E-state index in [0.717, 1.165) is 5.76 Å². The Labute approximate surface area is 121 Å². The second kappa shape index (κ2) is 7.48. The first-order valence-electron chi connectivity index (χ1n) is 7.73. The van der Waals surface area contributed by atoms with E-state index >= 15 is 0 Å². The third kappa shape index (κ3) is 4.37. The normalized spacial score (nSPS) is 24.9. The van der Waals surface area contributed by atoms with Gasteiger partial charge in [-0.25, -0.2) is 0 Å². The van der Waals surface area contributed by atoms with Gasteiger partial charge < -0.3 is 15.1 Å². The van der Waals surface area contributed by atoms with Crippen LogP contribution >= 0.6 is 0 Å². The molecule has 112 valence electrons. The largest absolute Gasteiger partial charge is 0.467 e. The molecule has 3 atom stereocenters. The molecule has 0 saturated heterocycles. The van der Waals surface area contributed by atoms with Crippen LogP contribution in [0.3, 0.4) is 0 Å². The van der Waals surface area contributed by atoms with E-state index in [1.54, 1.807) is 6.26 Å². The molecular weight excluding hydrogens is 252 g/mol. The van der Waals surface area contributed by atoms with Crippen LogP contribution in [0.2, 0.25) is 0 Å². The quantitative estimate of drug-likeness (QED) is 0.814. The monoisotopic (exact) mass is 278 g/mol. The number of nitrogens with one attached hydrogen (secondary N) is 2. The summed E-state index contributed by atoms with van der Waals surface area (Å²) in [7, 11) is 0. The van der Waals surface area contributed by atoms with Gasteiger partial charge in [0.05, 0.1) is 18.8 Å². The zero-order valence-electron chi connectivity index (χ0n) is 12.5. The molecule has 0 aliphatic heterocycles. The molecule has 2 N–H and O–H groups in total. The number of rotatable bonds is 5. The third-order valence-electron chi connectivity index (χ3n) is 4.24. The van der Waals surface area contributed by atoms with Crippen molar-refractivity contribution in [2.45, 2.75) is 64.6 Å². The summed E-state index contributed by atoms with van der Waals surface area (Å²) >= 11 is 0. The van der Waals surface area contributed by atoms with Crippen LogP contribution in [0.25, 0.3) is 0 Å². The number of hydrogen-bond acceptors (Lipinski definition) is 3. The molecule has 0 radical (unpaired) electrons. The first-order chi connectivity index (χ1) is 9.66. The molecule has 1 aliphatic rings. The van der Waals surface area contributed by atoms with Gasteiger partial charge in [0, 0.05) is 6.04 Å². The van der Waals surface area contributed by atoms with E-state index in [-0.39, 0.29) is 11.9 Å². The minimum atomic E-state index is -0.157. The maximum Gasteiger partial charge on any atom is 0.237 e. The van der Waals surface area contributed by atoms with Crippen molar-refractivity contribution < 1.29 is 9.21 Å². The van der Waals surface area contributed by atoms with Crippen molar-refractivity contribution in [1.82, 2.24) is 10.6 Å². The lowest BCUT2D eigenvalue weighted by molar-refractivity contribution is -0.123. The van der Waals surface area contributed by atoms with Gasteiger partial charge in [0.25, 0.3) is 0 Å². The van der Waals surface area contributed by atoms with Gasteiger partial charge in [-0.3, -0.25) is 4.79 Å². The molecule has 0 aromatic carbocycles. The Morgan fingerprint density at radius 1 is 1.40 bits per heavy atom. The second-order valence-corrected chi connectivity index (χ2v) is 5.91. The van der Waals surface area contributed by atoms with Crippen LogP contribution in [-0.2, 0) is 11.3 Å². The Bertz CT molecular complexity index is 403. The van der Waals surface area contributed by atoms with E-state index in [1.165, 1.54) is 32.1 Å². The lowest BCUT2D eigenvalue weighted by Gasteiger charge is -2.26. The van der Waals surface area contributed by atoms with Crippen LogP contribution in [0.1, 0.15) is 51.7 Å². The maximum atomic E-state index is 12.1. The molecule has 1 aromatic rings. The Morgan fingerprint density at radius 3 is 2.95 bits per heavy atom. The maximum absolute atomic E-state index is 12.1. The molecule has 4 heteroatoms. The van der Waals surface area contributed by atoms with Gasteiger partial charge in [0.2, 0.25) is 5.91 Å². The third-order valence-corrected chi connectivity index (χ3v) is 4.24. The van der Waals surface area contributed by atoms with Gasteiger partial charge in [-0.1, -0.05) is 26.2 Å². The van der Waals surface area contributed by atoms with Crippen molar-refractivity contribution in [2.24, 2.45) is 5.92 Å². The highest BCUT2D eigenvalue weighted by Crippen LogP contribution is 2.23. The fourth-order valence-electron chi connectivity index (χ4n) is 2.88. The summed E-state index contributed by atoms with van der Waals surface area (Å²) in [5, 5.41) is 6.41. The first-order valence-corrected chi connectivity index (χ1v) is 7.73. The average Bonchev–Trinajstić information content (AvgIpc) is 2.88.